The van der Waals surface area contributed by atoms with Gasteiger partial charge in [-0.2, -0.15) is 11.8 Å². The molecule has 1 rings (SSSR count). The van der Waals surface area contributed by atoms with Gasteiger partial charge in [0.05, 0.1) is 0 Å². The quantitative estimate of drug-likeness (QED) is 0.685. The number of hydrogen-bond acceptors (Lipinski definition) is 5. The lowest BCUT2D eigenvalue weighted by Gasteiger charge is -2.05. The Morgan fingerprint density at radius 2 is 2.11 bits per heavy atom. The topological polar surface area (TPSA) is 58.2 Å². The molecule has 0 radical (unpaired) electrons. The van der Waals surface area contributed by atoms with Gasteiger partial charge in [-0.25, -0.2) is 13.1 Å². The van der Waals surface area contributed by atoms with Crippen molar-refractivity contribution in [2.45, 2.75) is 37.1 Å². The summed E-state index contributed by atoms with van der Waals surface area (Å²) in [4.78, 5) is 1.04. The summed E-state index contributed by atoms with van der Waals surface area (Å²) in [6, 6.07) is 3.95. The molecular formula is C12H22N2O2S3. The molecular weight excluding hydrogens is 300 g/mol. The van der Waals surface area contributed by atoms with Gasteiger partial charge in [-0.15, -0.1) is 11.3 Å². The first-order valence-electron chi connectivity index (χ1n) is 6.26. The molecule has 1 heterocycles. The van der Waals surface area contributed by atoms with Crippen LogP contribution in [0.4, 0.5) is 0 Å². The Balaban J connectivity index is 2.53. The van der Waals surface area contributed by atoms with E-state index in [0.29, 0.717) is 23.3 Å². The Bertz CT molecular complexity index is 469. The molecule has 0 amide bonds. The molecule has 0 saturated carbocycles. The highest BCUT2D eigenvalue weighted by Gasteiger charge is 2.15. The lowest BCUT2D eigenvalue weighted by Crippen LogP contribution is -2.24. The minimum atomic E-state index is -3.33. The van der Waals surface area contributed by atoms with Gasteiger partial charge in [0, 0.05) is 24.0 Å². The molecule has 2 N–H and O–H groups in total. The Morgan fingerprint density at radius 1 is 1.37 bits per heavy atom. The largest absolute Gasteiger partial charge is 0.310 e. The summed E-state index contributed by atoms with van der Waals surface area (Å²) in [5.41, 5.74) is 0. The first kappa shape index (κ1) is 17.0. The highest BCUT2D eigenvalue weighted by Crippen LogP contribution is 2.21. The van der Waals surface area contributed by atoms with Gasteiger partial charge in [0.15, 0.2) is 0 Å². The fraction of sp³-hybridized carbons (Fsp3) is 0.667. The monoisotopic (exact) mass is 322 g/mol. The average molecular weight is 323 g/mol. The van der Waals surface area contributed by atoms with Crippen LogP contribution in [0, 0.1) is 0 Å². The van der Waals surface area contributed by atoms with Crippen molar-refractivity contribution in [1.29, 1.82) is 0 Å². The molecule has 0 spiro atoms. The molecule has 0 aromatic carbocycles. The van der Waals surface area contributed by atoms with Crippen LogP contribution in [0.1, 0.15) is 25.1 Å². The van der Waals surface area contributed by atoms with Crippen LogP contribution in [0.5, 0.6) is 0 Å². The highest BCUT2D eigenvalue weighted by atomic mass is 32.2. The Hall–Kier alpha value is -0.0800. The number of thiophene rings is 1. The molecule has 1 aromatic rings. The van der Waals surface area contributed by atoms with Crippen molar-refractivity contribution in [2.24, 2.45) is 0 Å². The van der Waals surface area contributed by atoms with Crippen LogP contribution in [-0.2, 0) is 16.6 Å². The van der Waals surface area contributed by atoms with E-state index in [0.717, 1.165) is 17.1 Å². The number of hydrogen-bond donors (Lipinski definition) is 2. The second-order valence-corrected chi connectivity index (χ2v) is 8.65. The zero-order valence-electron chi connectivity index (χ0n) is 11.6. The molecule has 0 unspecified atom stereocenters. The first-order valence-corrected chi connectivity index (χ1v) is 9.95. The molecule has 7 heteroatoms. The predicted octanol–water partition coefficient (Wildman–Crippen LogP) is 2.28. The molecule has 0 bridgehead atoms. The van der Waals surface area contributed by atoms with Crippen molar-refractivity contribution in [3.8, 4) is 0 Å². The van der Waals surface area contributed by atoms with Crippen molar-refractivity contribution in [3.63, 3.8) is 0 Å². The predicted molar refractivity (Wildman–Crippen MR) is 84.5 cm³/mol. The van der Waals surface area contributed by atoms with Crippen molar-refractivity contribution in [3.05, 3.63) is 17.0 Å². The normalized spacial score (nSPS) is 12.2. The van der Waals surface area contributed by atoms with Crippen molar-refractivity contribution in [1.82, 2.24) is 10.0 Å². The minimum Gasteiger partial charge on any atom is -0.310 e. The van der Waals surface area contributed by atoms with Crippen LogP contribution < -0.4 is 10.0 Å². The molecule has 0 fully saturated rings. The smallest absolute Gasteiger partial charge is 0.250 e. The van der Waals surface area contributed by atoms with Crippen LogP contribution >= 0.6 is 23.1 Å². The van der Waals surface area contributed by atoms with Gasteiger partial charge in [0.1, 0.15) is 4.21 Å². The van der Waals surface area contributed by atoms with Gasteiger partial charge in [0.2, 0.25) is 10.0 Å². The fourth-order valence-electron chi connectivity index (χ4n) is 1.40. The van der Waals surface area contributed by atoms with Crippen LogP contribution in [0.2, 0.25) is 0 Å². The second-order valence-electron chi connectivity index (χ2n) is 4.50. The van der Waals surface area contributed by atoms with Crippen molar-refractivity contribution in [2.75, 3.05) is 18.6 Å². The third-order valence-electron chi connectivity index (χ3n) is 2.40. The maximum absolute atomic E-state index is 12.0. The van der Waals surface area contributed by atoms with E-state index >= 15 is 0 Å². The summed E-state index contributed by atoms with van der Waals surface area (Å²) in [6.45, 7) is 5.35. The van der Waals surface area contributed by atoms with E-state index in [2.05, 4.69) is 23.9 Å². The number of thioether (sulfide) groups is 1. The molecule has 4 nitrogen and oxygen atoms in total. The lowest BCUT2D eigenvalue weighted by atomic mass is 10.4. The van der Waals surface area contributed by atoms with Gasteiger partial charge >= 0.3 is 0 Å². The van der Waals surface area contributed by atoms with Crippen LogP contribution in [0.3, 0.4) is 0 Å². The number of sulfonamides is 1. The highest BCUT2D eigenvalue weighted by molar-refractivity contribution is 7.98. The molecule has 0 aliphatic carbocycles. The first-order chi connectivity index (χ1) is 8.95. The van der Waals surface area contributed by atoms with E-state index in [1.54, 1.807) is 17.8 Å². The standard InChI is InChI=1S/C12H22N2O2S3/c1-10(2)13-9-11-5-6-12(18-11)19(15,16)14-7-4-8-17-3/h5-6,10,13-14H,4,7-9H2,1-3H3. The average Bonchev–Trinajstić information content (AvgIpc) is 2.82. The van der Waals surface area contributed by atoms with Gasteiger partial charge < -0.3 is 5.32 Å². The summed E-state index contributed by atoms with van der Waals surface area (Å²) in [5.74, 6) is 0.969. The maximum Gasteiger partial charge on any atom is 0.250 e. The van der Waals surface area contributed by atoms with Crippen LogP contribution in [-0.4, -0.2) is 33.0 Å². The zero-order chi connectivity index (χ0) is 14.3. The summed E-state index contributed by atoms with van der Waals surface area (Å²) in [5, 5.41) is 3.28. The number of nitrogens with one attached hydrogen (secondary N) is 2. The third kappa shape index (κ3) is 6.27. The molecule has 0 aliphatic rings. The van der Waals surface area contributed by atoms with Crippen LogP contribution in [0.15, 0.2) is 16.3 Å². The molecule has 110 valence electrons. The summed E-state index contributed by atoms with van der Waals surface area (Å²) in [7, 11) is -3.33. The summed E-state index contributed by atoms with van der Waals surface area (Å²) < 4.78 is 27.1. The van der Waals surface area contributed by atoms with E-state index in [9.17, 15) is 8.42 Å². The SMILES string of the molecule is CSCCCNS(=O)(=O)c1ccc(CNC(C)C)s1. The van der Waals surface area contributed by atoms with Crippen molar-refractivity contribution < 1.29 is 8.42 Å². The van der Waals surface area contributed by atoms with E-state index < -0.39 is 10.0 Å². The second kappa shape index (κ2) is 8.26. The van der Waals surface area contributed by atoms with E-state index in [1.165, 1.54) is 11.3 Å². The van der Waals surface area contributed by atoms with Gasteiger partial charge in [-0.1, -0.05) is 13.8 Å². The Morgan fingerprint density at radius 3 is 2.74 bits per heavy atom. The summed E-state index contributed by atoms with van der Waals surface area (Å²) in [6.07, 6.45) is 2.87. The van der Waals surface area contributed by atoms with E-state index in [4.69, 9.17) is 0 Å². The third-order valence-corrected chi connectivity index (χ3v) is 6.14. The molecule has 1 aromatic heterocycles. The minimum absolute atomic E-state index is 0.395. The van der Waals surface area contributed by atoms with Gasteiger partial charge in [-0.05, 0) is 30.6 Å². The molecule has 0 saturated heterocycles. The Labute approximate surface area is 124 Å². The fourth-order valence-corrected chi connectivity index (χ4v) is 4.25. The maximum atomic E-state index is 12.0. The molecule has 0 aliphatic heterocycles. The summed E-state index contributed by atoms with van der Waals surface area (Å²) >= 11 is 3.05. The van der Waals surface area contributed by atoms with Crippen LogP contribution in [0.25, 0.3) is 0 Å². The van der Waals surface area contributed by atoms with E-state index in [1.807, 2.05) is 12.3 Å². The zero-order valence-corrected chi connectivity index (χ0v) is 14.1. The van der Waals surface area contributed by atoms with Crippen molar-refractivity contribution >= 4 is 33.1 Å². The molecule has 0 atom stereocenters. The van der Waals surface area contributed by atoms with E-state index in [-0.39, 0.29) is 0 Å². The Kier molecular flexibility index (Phi) is 7.38. The number of rotatable bonds is 9. The molecule has 19 heavy (non-hydrogen) atoms. The van der Waals surface area contributed by atoms with Gasteiger partial charge in [-0.3, -0.25) is 0 Å². The lowest BCUT2D eigenvalue weighted by molar-refractivity contribution is 0.583. The van der Waals surface area contributed by atoms with Gasteiger partial charge in [0.25, 0.3) is 0 Å².